The number of carbonyl (C=O) groups excluding carboxylic acids is 3. The second-order valence-corrected chi connectivity index (χ2v) is 11.7. The minimum Gasteiger partial charge on any atom is -0.450 e. The van der Waals surface area contributed by atoms with Gasteiger partial charge in [0.2, 0.25) is 5.60 Å². The molecule has 2 atom stereocenters. The van der Waals surface area contributed by atoms with Crippen LogP contribution in [0.5, 0.6) is 0 Å². The number of nitrogens with one attached hydrogen (secondary N) is 1. The first kappa shape index (κ1) is 29.6. The molecule has 0 radical (unpaired) electrons. The number of β-lactam (4-membered cyclic amide) rings is 1. The van der Waals surface area contributed by atoms with Crippen LogP contribution in [0.4, 0.5) is 5.13 Å². The summed E-state index contributed by atoms with van der Waals surface area (Å²) < 4.78 is 38.1. The van der Waals surface area contributed by atoms with E-state index in [1.54, 1.807) is 0 Å². The fourth-order valence-electron chi connectivity index (χ4n) is 3.94. The highest BCUT2D eigenvalue weighted by Crippen LogP contribution is 2.29. The van der Waals surface area contributed by atoms with Gasteiger partial charge in [-0.25, -0.2) is 14.1 Å². The van der Waals surface area contributed by atoms with E-state index < -0.39 is 57.6 Å². The maximum Gasteiger partial charge on any atom is 0.362 e. The Kier molecular flexibility index (Phi) is 8.42. The predicted molar refractivity (Wildman–Crippen MR) is 149 cm³/mol. The third-order valence-corrected chi connectivity index (χ3v) is 7.82. The van der Waals surface area contributed by atoms with Gasteiger partial charge in [-0.1, -0.05) is 65.8 Å². The van der Waals surface area contributed by atoms with E-state index in [-0.39, 0.29) is 15.1 Å². The van der Waals surface area contributed by atoms with E-state index in [9.17, 15) is 27.4 Å². The minimum absolute atomic E-state index is 0.00771. The van der Waals surface area contributed by atoms with Crippen LogP contribution in [0, 0.1) is 0 Å². The summed E-state index contributed by atoms with van der Waals surface area (Å²) >= 11 is 1.01. The number of nitrogen functional groups attached to an aromatic ring is 1. The number of anilines is 1. The molecule has 0 saturated carbocycles. The molecule has 4 N–H and O–H groups in total. The number of hydrogen-bond acceptors (Lipinski definition) is 11. The van der Waals surface area contributed by atoms with Crippen molar-refractivity contribution in [1.29, 1.82) is 0 Å². The van der Waals surface area contributed by atoms with Crippen molar-refractivity contribution in [3.05, 3.63) is 82.9 Å². The van der Waals surface area contributed by atoms with Gasteiger partial charge in [-0.15, -0.1) is 11.3 Å². The number of ether oxygens (including phenoxy) is 1. The molecule has 2 unspecified atom stereocenters. The van der Waals surface area contributed by atoms with Crippen molar-refractivity contribution >= 4 is 50.3 Å². The Hall–Kier alpha value is -4.34. The molecule has 2 amide bonds. The number of nitrogens with zero attached hydrogens (tertiary/aromatic N) is 3. The van der Waals surface area contributed by atoms with Crippen LogP contribution in [-0.4, -0.2) is 63.4 Å². The maximum absolute atomic E-state index is 13.3. The van der Waals surface area contributed by atoms with E-state index in [1.165, 1.54) is 26.2 Å². The summed E-state index contributed by atoms with van der Waals surface area (Å²) in [5, 5.41) is 7.77. The zero-order valence-corrected chi connectivity index (χ0v) is 23.8. The van der Waals surface area contributed by atoms with Crippen molar-refractivity contribution in [2.45, 2.75) is 44.6 Å². The summed E-state index contributed by atoms with van der Waals surface area (Å²) in [4.78, 5) is 48.3. The first-order valence-electron chi connectivity index (χ1n) is 12.2. The molecular weight excluding hydrogens is 574 g/mol. The molecule has 41 heavy (non-hydrogen) atoms. The number of rotatable bonds is 10. The van der Waals surface area contributed by atoms with Crippen LogP contribution < -0.4 is 11.1 Å². The van der Waals surface area contributed by atoms with Gasteiger partial charge in [0.25, 0.3) is 11.8 Å². The van der Waals surface area contributed by atoms with Crippen molar-refractivity contribution in [3.63, 3.8) is 0 Å². The third kappa shape index (κ3) is 6.53. The van der Waals surface area contributed by atoms with Crippen LogP contribution in [0.1, 0.15) is 43.7 Å². The van der Waals surface area contributed by atoms with Crippen molar-refractivity contribution in [1.82, 2.24) is 14.6 Å². The van der Waals surface area contributed by atoms with Gasteiger partial charge in [-0.05, 0) is 31.9 Å². The lowest BCUT2D eigenvalue weighted by molar-refractivity contribution is -0.172. The average molecular weight is 602 g/mol. The van der Waals surface area contributed by atoms with E-state index in [4.69, 9.17) is 15.3 Å². The number of benzene rings is 2. The Balaban J connectivity index is 1.55. The summed E-state index contributed by atoms with van der Waals surface area (Å²) in [5.41, 5.74) is 5.03. The molecule has 0 spiro atoms. The number of aromatic nitrogens is 1. The molecule has 1 aliphatic heterocycles. The highest BCUT2D eigenvalue weighted by Gasteiger charge is 2.51. The van der Waals surface area contributed by atoms with Crippen molar-refractivity contribution < 1.29 is 36.9 Å². The predicted octanol–water partition coefficient (Wildman–Crippen LogP) is 2.08. The summed E-state index contributed by atoms with van der Waals surface area (Å²) in [6.07, 6.45) is -0.755. The van der Waals surface area contributed by atoms with Gasteiger partial charge in [0.1, 0.15) is 11.7 Å². The van der Waals surface area contributed by atoms with Gasteiger partial charge in [-0.3, -0.25) is 14.1 Å². The first-order valence-corrected chi connectivity index (χ1v) is 14.5. The van der Waals surface area contributed by atoms with E-state index in [0.717, 1.165) is 22.5 Å². The van der Waals surface area contributed by atoms with Crippen LogP contribution >= 0.6 is 11.3 Å². The van der Waals surface area contributed by atoms with Gasteiger partial charge in [0.05, 0.1) is 6.04 Å². The molecule has 216 valence electrons. The molecule has 4 rings (SSSR count). The number of nitrogens with two attached hydrogens (primary N) is 1. The molecule has 1 aliphatic rings. The monoisotopic (exact) mass is 601 g/mol. The number of oxime groups is 1. The number of carbonyl (C=O) groups is 3. The normalized spacial score (nSPS) is 17.6. The molecule has 2 heterocycles. The second-order valence-electron chi connectivity index (χ2n) is 9.52. The van der Waals surface area contributed by atoms with Gasteiger partial charge in [0.15, 0.2) is 16.9 Å². The van der Waals surface area contributed by atoms with Crippen LogP contribution in [-0.2, 0) is 34.3 Å². The van der Waals surface area contributed by atoms with Crippen LogP contribution in [0.25, 0.3) is 0 Å². The van der Waals surface area contributed by atoms with Crippen molar-refractivity contribution in [2.24, 2.45) is 5.16 Å². The molecule has 15 heteroatoms. The average Bonchev–Trinajstić information content (AvgIpc) is 3.36. The van der Waals surface area contributed by atoms with Crippen molar-refractivity contribution in [2.75, 3.05) is 5.73 Å². The summed E-state index contributed by atoms with van der Waals surface area (Å²) in [6.45, 7) is 4.12. The van der Waals surface area contributed by atoms with Crippen LogP contribution in [0.15, 0.2) is 71.2 Å². The van der Waals surface area contributed by atoms with Crippen molar-refractivity contribution in [3.8, 4) is 0 Å². The lowest BCUT2D eigenvalue weighted by Gasteiger charge is -2.42. The van der Waals surface area contributed by atoms with Gasteiger partial charge in [0, 0.05) is 5.38 Å². The van der Waals surface area contributed by atoms with E-state index in [0.29, 0.717) is 0 Å². The van der Waals surface area contributed by atoms with Gasteiger partial charge in [-0.2, -0.15) is 8.42 Å². The quantitative estimate of drug-likeness (QED) is 0.102. The molecule has 2 aromatic carbocycles. The number of amides is 2. The SMILES string of the molecule is CC1C(NC(=O)C(=NOC(C)(C)C(=O)OC(c2ccccc2)c2ccccc2)c2csc(N)n2)C(=O)N1S(=O)(=O)O. The Bertz CT molecular complexity index is 1540. The Labute approximate surface area is 239 Å². The molecular formula is C26H27N5O8S2. The lowest BCUT2D eigenvalue weighted by Crippen LogP contribution is -2.71. The number of esters is 1. The zero-order chi connectivity index (χ0) is 29.9. The summed E-state index contributed by atoms with van der Waals surface area (Å²) in [6, 6.07) is 15.9. The minimum atomic E-state index is -4.79. The first-order chi connectivity index (χ1) is 19.3. The van der Waals surface area contributed by atoms with E-state index in [2.05, 4.69) is 15.5 Å². The Morgan fingerprint density at radius 3 is 2.15 bits per heavy atom. The zero-order valence-electron chi connectivity index (χ0n) is 22.1. The second kappa shape index (κ2) is 11.6. The van der Waals surface area contributed by atoms with Gasteiger partial charge < -0.3 is 20.6 Å². The highest BCUT2D eigenvalue weighted by molar-refractivity contribution is 7.84. The van der Waals surface area contributed by atoms with Crippen LogP contribution in [0.3, 0.4) is 0 Å². The molecule has 0 bridgehead atoms. The maximum atomic E-state index is 13.3. The molecule has 0 aliphatic carbocycles. The Morgan fingerprint density at radius 2 is 1.68 bits per heavy atom. The van der Waals surface area contributed by atoms with E-state index >= 15 is 0 Å². The highest BCUT2D eigenvalue weighted by atomic mass is 32.2. The van der Waals surface area contributed by atoms with Crippen LogP contribution in [0.2, 0.25) is 0 Å². The summed E-state index contributed by atoms with van der Waals surface area (Å²) in [7, 11) is -4.79. The fraction of sp³-hybridized carbons (Fsp3) is 0.269. The lowest BCUT2D eigenvalue weighted by atomic mass is 10.0. The topological polar surface area (TPSA) is 191 Å². The molecule has 1 fully saturated rings. The summed E-state index contributed by atoms with van der Waals surface area (Å²) in [5.74, 6) is -2.78. The molecule has 13 nitrogen and oxygen atoms in total. The largest absolute Gasteiger partial charge is 0.450 e. The molecule has 1 saturated heterocycles. The standard InChI is InChI=1S/C26H27N5O8S2/c1-15-19(23(33)31(15)41(35,36)37)29-22(32)20(18-14-40-25(27)28-18)30-39-26(2,3)24(34)38-21(16-10-6-4-7-11-16)17-12-8-5-9-13-17/h4-15,19,21H,1-3H3,(H2,27,28)(H,29,32)(H,35,36,37). The number of hydrogen-bond donors (Lipinski definition) is 3. The molecule has 3 aromatic rings. The van der Waals surface area contributed by atoms with Gasteiger partial charge >= 0.3 is 16.3 Å². The molecule has 1 aromatic heterocycles. The third-order valence-electron chi connectivity index (χ3n) is 6.14. The Morgan fingerprint density at radius 1 is 1.12 bits per heavy atom. The number of thiazole rings is 1. The fourth-order valence-corrected chi connectivity index (χ4v) is 5.37. The van der Waals surface area contributed by atoms with E-state index in [1.807, 2.05) is 60.7 Å². The smallest absolute Gasteiger partial charge is 0.362 e.